The van der Waals surface area contributed by atoms with E-state index >= 15 is 0 Å². The molecule has 0 saturated carbocycles. The van der Waals surface area contributed by atoms with Crippen LogP contribution >= 0.6 is 11.3 Å². The van der Waals surface area contributed by atoms with Crippen LogP contribution in [0.1, 0.15) is 54.7 Å². The van der Waals surface area contributed by atoms with Gasteiger partial charge >= 0.3 is 0 Å². The Bertz CT molecular complexity index is 1330. The van der Waals surface area contributed by atoms with Crippen LogP contribution in [0.3, 0.4) is 0 Å². The van der Waals surface area contributed by atoms with Crippen LogP contribution in [0, 0.1) is 0 Å². The van der Waals surface area contributed by atoms with Gasteiger partial charge in [-0.05, 0) is 63.6 Å². The standard InChI is InChI=1S/C26H33N5O4S2/c1-4-31-11-9-20(10-12-31)29-26(32)22-7-5-18(15-28-22)23-16-36-25(30-23)14-19-13-21(37(27,33)34)6-8-24(19)35-17(2)3/h5-8,13,15-17,20H,4,9-12,14H2,1-3H3,(H,29,32)(H2,27,33,34). The average Bonchev–Trinajstić information content (AvgIpc) is 3.33. The minimum Gasteiger partial charge on any atom is -0.491 e. The summed E-state index contributed by atoms with van der Waals surface area (Å²) >= 11 is 1.46. The molecule has 3 N–H and O–H groups in total. The number of nitrogens with two attached hydrogens (primary N) is 1. The lowest BCUT2D eigenvalue weighted by Gasteiger charge is -2.31. The molecule has 0 atom stereocenters. The normalized spacial score (nSPS) is 15.2. The Hall–Kier alpha value is -2.86. The lowest BCUT2D eigenvalue weighted by Crippen LogP contribution is -2.44. The van der Waals surface area contributed by atoms with Crippen LogP contribution in [0.4, 0.5) is 0 Å². The van der Waals surface area contributed by atoms with Gasteiger partial charge in [-0.2, -0.15) is 0 Å². The minimum absolute atomic E-state index is 0.0318. The highest BCUT2D eigenvalue weighted by Gasteiger charge is 2.21. The summed E-state index contributed by atoms with van der Waals surface area (Å²) in [4.78, 5) is 24.2. The summed E-state index contributed by atoms with van der Waals surface area (Å²) in [6.45, 7) is 9.00. The largest absolute Gasteiger partial charge is 0.491 e. The van der Waals surface area contributed by atoms with Gasteiger partial charge in [0.15, 0.2) is 0 Å². The zero-order valence-electron chi connectivity index (χ0n) is 21.3. The van der Waals surface area contributed by atoms with E-state index in [-0.39, 0.29) is 22.9 Å². The molecule has 198 valence electrons. The Morgan fingerprint density at radius 1 is 1.24 bits per heavy atom. The van der Waals surface area contributed by atoms with Crippen LogP contribution in [0.25, 0.3) is 11.3 Å². The number of sulfonamides is 1. The zero-order valence-corrected chi connectivity index (χ0v) is 22.9. The predicted molar refractivity (Wildman–Crippen MR) is 144 cm³/mol. The lowest BCUT2D eigenvalue weighted by atomic mass is 10.0. The highest BCUT2D eigenvalue weighted by Crippen LogP contribution is 2.29. The third kappa shape index (κ3) is 7.13. The number of benzene rings is 1. The Morgan fingerprint density at radius 2 is 2.00 bits per heavy atom. The summed E-state index contributed by atoms with van der Waals surface area (Å²) in [7, 11) is -3.84. The molecule has 2 aromatic heterocycles. The molecule has 37 heavy (non-hydrogen) atoms. The van der Waals surface area contributed by atoms with Crippen molar-refractivity contribution in [1.82, 2.24) is 20.2 Å². The maximum absolute atomic E-state index is 12.7. The highest BCUT2D eigenvalue weighted by molar-refractivity contribution is 7.89. The molecule has 1 aliphatic rings. The highest BCUT2D eigenvalue weighted by atomic mass is 32.2. The summed E-state index contributed by atoms with van der Waals surface area (Å²) in [6, 6.07) is 8.35. The van der Waals surface area contributed by atoms with E-state index < -0.39 is 10.0 Å². The van der Waals surface area contributed by atoms with E-state index in [1.54, 1.807) is 18.3 Å². The molecule has 4 rings (SSSR count). The fourth-order valence-corrected chi connectivity index (χ4v) is 5.65. The van der Waals surface area contributed by atoms with E-state index in [0.717, 1.165) is 48.7 Å². The fraction of sp³-hybridized carbons (Fsp3) is 0.423. The van der Waals surface area contributed by atoms with Crippen LogP contribution in [0.15, 0.2) is 46.8 Å². The van der Waals surface area contributed by atoms with Gasteiger partial charge < -0.3 is 15.0 Å². The number of hydrogen-bond acceptors (Lipinski definition) is 8. The van der Waals surface area contributed by atoms with Gasteiger partial charge in [-0.25, -0.2) is 18.5 Å². The van der Waals surface area contributed by atoms with Crippen LogP contribution < -0.4 is 15.2 Å². The Labute approximate surface area is 222 Å². The molecule has 0 bridgehead atoms. The molecule has 1 aliphatic heterocycles. The van der Waals surface area contributed by atoms with Crippen molar-refractivity contribution in [3.05, 3.63) is 58.2 Å². The van der Waals surface area contributed by atoms with Crippen LogP contribution in [0.5, 0.6) is 5.75 Å². The van der Waals surface area contributed by atoms with E-state index in [4.69, 9.17) is 14.9 Å². The number of carbonyl (C=O) groups excluding carboxylic acids is 1. The van der Waals surface area contributed by atoms with Gasteiger partial charge in [0.1, 0.15) is 11.4 Å². The molecular formula is C26H33N5O4S2. The molecule has 11 heteroatoms. The van der Waals surface area contributed by atoms with Gasteiger partial charge in [0.25, 0.3) is 5.91 Å². The van der Waals surface area contributed by atoms with Gasteiger partial charge in [0.05, 0.1) is 21.7 Å². The second-order valence-electron chi connectivity index (χ2n) is 9.40. The number of pyridine rings is 1. The molecule has 9 nitrogen and oxygen atoms in total. The first kappa shape index (κ1) is 27.2. The first-order valence-corrected chi connectivity index (χ1v) is 14.8. The van der Waals surface area contributed by atoms with Crippen molar-refractivity contribution >= 4 is 27.3 Å². The number of hydrogen-bond donors (Lipinski definition) is 2. The molecule has 0 radical (unpaired) electrons. The Balaban J connectivity index is 1.45. The zero-order chi connectivity index (χ0) is 26.6. The summed E-state index contributed by atoms with van der Waals surface area (Å²) in [5.41, 5.74) is 2.61. The monoisotopic (exact) mass is 543 g/mol. The molecule has 0 aliphatic carbocycles. The first-order chi connectivity index (χ1) is 17.6. The molecule has 3 heterocycles. The van der Waals surface area contributed by atoms with Gasteiger partial charge in [-0.3, -0.25) is 9.78 Å². The number of nitrogens with zero attached hydrogens (tertiary/aromatic N) is 3. The quantitative estimate of drug-likeness (QED) is 0.423. The molecule has 1 aromatic carbocycles. The summed E-state index contributed by atoms with van der Waals surface area (Å²) in [6.07, 6.45) is 3.87. The van der Waals surface area contributed by atoms with Gasteiger partial charge in [-0.15, -0.1) is 11.3 Å². The van der Waals surface area contributed by atoms with Crippen molar-refractivity contribution in [3.8, 4) is 17.0 Å². The fourth-order valence-electron chi connectivity index (χ4n) is 4.26. The molecule has 1 saturated heterocycles. The lowest BCUT2D eigenvalue weighted by molar-refractivity contribution is 0.0907. The number of thiazole rings is 1. The summed E-state index contributed by atoms with van der Waals surface area (Å²) in [5, 5.41) is 11.1. The number of ether oxygens (including phenoxy) is 1. The minimum atomic E-state index is -3.84. The topological polar surface area (TPSA) is 128 Å². The number of aromatic nitrogens is 2. The molecule has 1 amide bonds. The predicted octanol–water partition coefficient (Wildman–Crippen LogP) is 3.44. The number of piperidine rings is 1. The van der Waals surface area contributed by atoms with E-state index in [1.807, 2.05) is 25.3 Å². The van der Waals surface area contributed by atoms with Crippen molar-refractivity contribution in [1.29, 1.82) is 0 Å². The van der Waals surface area contributed by atoms with Crippen molar-refractivity contribution < 1.29 is 17.9 Å². The average molecular weight is 544 g/mol. The van der Waals surface area contributed by atoms with Crippen molar-refractivity contribution in [2.24, 2.45) is 5.14 Å². The number of likely N-dealkylation sites (tertiary alicyclic amines) is 1. The molecule has 0 unspecified atom stereocenters. The third-order valence-electron chi connectivity index (χ3n) is 6.28. The smallest absolute Gasteiger partial charge is 0.270 e. The van der Waals surface area contributed by atoms with Crippen molar-refractivity contribution in [3.63, 3.8) is 0 Å². The number of nitrogens with one attached hydrogen (secondary N) is 1. The first-order valence-electron chi connectivity index (χ1n) is 12.4. The van der Waals surface area contributed by atoms with Gasteiger partial charge in [0, 0.05) is 48.3 Å². The third-order valence-corrected chi connectivity index (χ3v) is 8.04. The molecule has 1 fully saturated rings. The van der Waals surface area contributed by atoms with Gasteiger partial charge in [-0.1, -0.05) is 6.92 Å². The Kier molecular flexibility index (Phi) is 8.58. The van der Waals surface area contributed by atoms with Crippen LogP contribution in [0.2, 0.25) is 0 Å². The van der Waals surface area contributed by atoms with Gasteiger partial charge in [0.2, 0.25) is 10.0 Å². The van der Waals surface area contributed by atoms with Crippen molar-refractivity contribution in [2.75, 3.05) is 19.6 Å². The molecule has 0 spiro atoms. The van der Waals surface area contributed by atoms with Crippen LogP contribution in [-0.4, -0.2) is 61.0 Å². The summed E-state index contributed by atoms with van der Waals surface area (Å²) in [5.74, 6) is 0.435. The number of amides is 1. The maximum atomic E-state index is 12.7. The van der Waals surface area contributed by atoms with E-state index in [1.165, 1.54) is 23.5 Å². The maximum Gasteiger partial charge on any atom is 0.270 e. The van der Waals surface area contributed by atoms with E-state index in [0.29, 0.717) is 23.4 Å². The Morgan fingerprint density at radius 3 is 2.62 bits per heavy atom. The second kappa shape index (κ2) is 11.7. The van der Waals surface area contributed by atoms with Crippen molar-refractivity contribution in [2.45, 2.75) is 57.1 Å². The molecular weight excluding hydrogens is 510 g/mol. The van der Waals surface area contributed by atoms with E-state index in [9.17, 15) is 13.2 Å². The molecule has 3 aromatic rings. The summed E-state index contributed by atoms with van der Waals surface area (Å²) < 4.78 is 29.6. The number of carbonyl (C=O) groups is 1. The number of rotatable bonds is 9. The van der Waals surface area contributed by atoms with Crippen LogP contribution in [-0.2, 0) is 16.4 Å². The second-order valence-corrected chi connectivity index (χ2v) is 11.9. The number of primary sulfonamides is 1. The van der Waals surface area contributed by atoms with E-state index in [2.05, 4.69) is 22.1 Å². The SMILES string of the molecule is CCN1CCC(NC(=O)c2ccc(-c3csc(Cc4cc(S(N)(=O)=O)ccc4OC(C)C)n3)cn2)CC1.